The van der Waals surface area contributed by atoms with Crippen molar-refractivity contribution in [3.63, 3.8) is 0 Å². The van der Waals surface area contributed by atoms with Crippen molar-refractivity contribution in [2.45, 2.75) is 0 Å². The summed E-state index contributed by atoms with van der Waals surface area (Å²) in [5.41, 5.74) is 0. The van der Waals surface area contributed by atoms with E-state index >= 15 is 0 Å². The highest BCUT2D eigenvalue weighted by atomic mass is 127. The Hall–Kier alpha value is 0.160. The number of rotatable bonds is 0. The third-order valence-corrected chi connectivity index (χ3v) is 1.88. The minimum atomic E-state index is 0.202. The molecule has 3 nitrogen and oxygen atoms in total. The van der Waals surface area contributed by atoms with Crippen LogP contribution in [0.4, 0.5) is 0 Å². The Labute approximate surface area is 62.1 Å². The van der Waals surface area contributed by atoms with Crippen LogP contribution >= 0.6 is 22.9 Å². The Balaban J connectivity index is 2.51. The topological polar surface area (TPSA) is 23.6 Å². The van der Waals surface area contributed by atoms with Crippen LogP contribution in [0.15, 0.2) is 0 Å². The Bertz CT molecular complexity index is 117. The molecule has 1 aliphatic rings. The van der Waals surface area contributed by atoms with Gasteiger partial charge in [-0.25, -0.2) is 0 Å². The summed E-state index contributed by atoms with van der Waals surface area (Å²) in [7, 11) is 1.93. The van der Waals surface area contributed by atoms with E-state index in [4.69, 9.17) is 0 Å². The molecule has 1 aliphatic heterocycles. The molecular weight excluding hydrogens is 219 g/mol. The van der Waals surface area contributed by atoms with Crippen LogP contribution < -0.4 is 0 Å². The number of likely N-dealkylation sites (N-methyl/N-ethyl adjacent to an activating group) is 1. The number of amides is 1. The molecule has 0 N–H and O–H groups in total. The molecule has 1 amide bonds. The van der Waals surface area contributed by atoms with E-state index in [9.17, 15) is 4.79 Å². The molecule has 0 aliphatic carbocycles. The summed E-state index contributed by atoms with van der Waals surface area (Å²) in [6.07, 6.45) is 0. The third kappa shape index (κ3) is 1.11. The summed E-state index contributed by atoms with van der Waals surface area (Å²) in [6.45, 7) is 1.34. The highest BCUT2D eigenvalue weighted by molar-refractivity contribution is 14.1. The predicted molar refractivity (Wildman–Crippen MR) is 38.4 cm³/mol. The van der Waals surface area contributed by atoms with E-state index in [2.05, 4.69) is 0 Å². The van der Waals surface area contributed by atoms with Gasteiger partial charge in [-0.2, -0.15) is 0 Å². The van der Waals surface area contributed by atoms with Crippen molar-refractivity contribution >= 4 is 28.8 Å². The SMILES string of the molecule is CN1CC(=O)N(I)C1. The zero-order valence-corrected chi connectivity index (χ0v) is 6.75. The van der Waals surface area contributed by atoms with E-state index in [-0.39, 0.29) is 5.91 Å². The average Bonchev–Trinajstić information content (AvgIpc) is 1.85. The first-order valence-electron chi connectivity index (χ1n) is 2.35. The molecule has 0 aromatic heterocycles. The average molecular weight is 226 g/mol. The zero-order valence-electron chi connectivity index (χ0n) is 4.59. The van der Waals surface area contributed by atoms with E-state index in [0.717, 1.165) is 6.67 Å². The van der Waals surface area contributed by atoms with Crippen LogP contribution in [0.1, 0.15) is 0 Å². The van der Waals surface area contributed by atoms with Crippen LogP contribution in [-0.4, -0.2) is 34.2 Å². The monoisotopic (exact) mass is 226 g/mol. The summed E-state index contributed by atoms with van der Waals surface area (Å²) in [5, 5.41) is 0. The summed E-state index contributed by atoms with van der Waals surface area (Å²) in [4.78, 5) is 12.6. The molecular formula is C4H7IN2O. The highest BCUT2D eigenvalue weighted by Gasteiger charge is 2.21. The number of halogens is 1. The van der Waals surface area contributed by atoms with Gasteiger partial charge in [0.2, 0.25) is 5.91 Å². The highest BCUT2D eigenvalue weighted by Crippen LogP contribution is 2.08. The molecule has 4 heteroatoms. The lowest BCUT2D eigenvalue weighted by Crippen LogP contribution is -2.14. The fraction of sp³-hybridized carbons (Fsp3) is 0.750. The van der Waals surface area contributed by atoms with E-state index in [0.29, 0.717) is 6.54 Å². The summed E-state index contributed by atoms with van der Waals surface area (Å²) >= 11 is 2.02. The van der Waals surface area contributed by atoms with E-state index in [1.165, 1.54) is 0 Å². The van der Waals surface area contributed by atoms with Gasteiger partial charge >= 0.3 is 0 Å². The number of carbonyl (C=O) groups excluding carboxylic acids is 1. The number of carbonyl (C=O) groups is 1. The van der Waals surface area contributed by atoms with Gasteiger partial charge in [0, 0.05) is 0 Å². The molecule has 1 heterocycles. The first-order chi connectivity index (χ1) is 3.70. The van der Waals surface area contributed by atoms with E-state index in [1.54, 1.807) is 3.11 Å². The number of hydrogen-bond acceptors (Lipinski definition) is 2. The van der Waals surface area contributed by atoms with Gasteiger partial charge in [-0.15, -0.1) is 0 Å². The lowest BCUT2D eigenvalue weighted by atomic mass is 10.6. The van der Waals surface area contributed by atoms with Crippen LogP contribution in [0.5, 0.6) is 0 Å². The Morgan fingerprint density at radius 2 is 2.38 bits per heavy atom. The maximum Gasteiger partial charge on any atom is 0.246 e. The Morgan fingerprint density at radius 3 is 2.50 bits per heavy atom. The lowest BCUT2D eigenvalue weighted by Gasteiger charge is -2.03. The second-order valence-corrected chi connectivity index (χ2v) is 3.08. The Kier molecular flexibility index (Phi) is 1.71. The fourth-order valence-electron chi connectivity index (χ4n) is 0.648. The van der Waals surface area contributed by atoms with Gasteiger partial charge in [-0.1, -0.05) is 0 Å². The van der Waals surface area contributed by atoms with Crippen molar-refractivity contribution in [3.05, 3.63) is 0 Å². The molecule has 0 radical (unpaired) electrons. The van der Waals surface area contributed by atoms with Gasteiger partial charge in [0.1, 0.15) is 0 Å². The normalized spacial score (nSPS) is 22.8. The summed E-state index contributed by atoms with van der Waals surface area (Å²) < 4.78 is 1.68. The van der Waals surface area contributed by atoms with Crippen LogP contribution in [0.25, 0.3) is 0 Å². The molecule has 46 valence electrons. The van der Waals surface area contributed by atoms with Crippen LogP contribution in [0.2, 0.25) is 0 Å². The predicted octanol–water partition coefficient (Wildman–Crippen LogP) is 0.0679. The fourth-order valence-corrected chi connectivity index (χ4v) is 1.32. The van der Waals surface area contributed by atoms with Gasteiger partial charge < -0.3 is 0 Å². The van der Waals surface area contributed by atoms with Gasteiger partial charge in [0.25, 0.3) is 0 Å². The molecule has 0 aromatic carbocycles. The smallest absolute Gasteiger partial charge is 0.246 e. The molecule has 1 saturated heterocycles. The maximum atomic E-state index is 10.7. The van der Waals surface area contributed by atoms with Gasteiger partial charge in [-0.05, 0) is 7.05 Å². The minimum Gasteiger partial charge on any atom is -0.279 e. The molecule has 8 heavy (non-hydrogen) atoms. The minimum absolute atomic E-state index is 0.202. The molecule has 1 fully saturated rings. The van der Waals surface area contributed by atoms with Gasteiger partial charge in [-0.3, -0.25) is 12.8 Å². The summed E-state index contributed by atoms with van der Waals surface area (Å²) in [6, 6.07) is 0. The van der Waals surface area contributed by atoms with E-state index in [1.807, 2.05) is 34.8 Å². The van der Waals surface area contributed by atoms with Crippen molar-refractivity contribution in [2.24, 2.45) is 0 Å². The van der Waals surface area contributed by atoms with Crippen molar-refractivity contribution < 1.29 is 4.79 Å². The second kappa shape index (κ2) is 2.18. The molecule has 1 rings (SSSR count). The second-order valence-electron chi connectivity index (χ2n) is 1.91. The maximum absolute atomic E-state index is 10.7. The Morgan fingerprint density at radius 1 is 1.75 bits per heavy atom. The first-order valence-corrected chi connectivity index (χ1v) is 3.31. The third-order valence-electron chi connectivity index (χ3n) is 1.04. The molecule has 0 bridgehead atoms. The molecule has 0 unspecified atom stereocenters. The lowest BCUT2D eigenvalue weighted by molar-refractivity contribution is -0.121. The zero-order chi connectivity index (χ0) is 6.15. The number of hydrogen-bond donors (Lipinski definition) is 0. The standard InChI is InChI=1S/C4H7IN2O/c1-6-2-4(8)7(5)3-6/h2-3H2,1H3. The molecule has 0 atom stereocenters. The van der Waals surface area contributed by atoms with Crippen LogP contribution in [0.3, 0.4) is 0 Å². The summed E-state index contributed by atoms with van der Waals surface area (Å²) in [5.74, 6) is 0.202. The van der Waals surface area contributed by atoms with Crippen molar-refractivity contribution in [3.8, 4) is 0 Å². The van der Waals surface area contributed by atoms with Crippen molar-refractivity contribution in [2.75, 3.05) is 20.3 Å². The van der Waals surface area contributed by atoms with E-state index < -0.39 is 0 Å². The first kappa shape index (κ1) is 6.28. The van der Waals surface area contributed by atoms with Crippen LogP contribution in [-0.2, 0) is 4.79 Å². The molecule has 0 saturated carbocycles. The van der Waals surface area contributed by atoms with Crippen LogP contribution in [0, 0.1) is 0 Å². The molecule has 0 aromatic rings. The quantitative estimate of drug-likeness (QED) is 0.431. The molecule has 0 spiro atoms. The van der Waals surface area contributed by atoms with Crippen molar-refractivity contribution in [1.29, 1.82) is 0 Å². The van der Waals surface area contributed by atoms with Gasteiger partial charge in [0.05, 0.1) is 36.1 Å². The van der Waals surface area contributed by atoms with Gasteiger partial charge in [0.15, 0.2) is 0 Å². The largest absolute Gasteiger partial charge is 0.279 e. The number of nitrogens with zero attached hydrogens (tertiary/aromatic N) is 2. The van der Waals surface area contributed by atoms with Crippen molar-refractivity contribution in [1.82, 2.24) is 8.01 Å².